The van der Waals surface area contributed by atoms with Gasteiger partial charge in [-0.25, -0.2) is 4.79 Å². The Hall–Kier alpha value is -2.20. The molecule has 2 rings (SSSR count). The number of esters is 1. The highest BCUT2D eigenvalue weighted by atomic mass is 127. The maximum absolute atomic E-state index is 11.5. The smallest absolute Gasteiger partial charge is 0.344 e. The van der Waals surface area contributed by atoms with Crippen molar-refractivity contribution in [2.24, 2.45) is 0 Å². The molecule has 0 N–H and O–H groups in total. The number of nitro benzene ring substituents is 1. The predicted octanol–water partition coefficient (Wildman–Crippen LogP) is 4.81. The van der Waals surface area contributed by atoms with Crippen molar-refractivity contribution in [1.29, 1.82) is 5.26 Å². The van der Waals surface area contributed by atoms with Crippen LogP contribution < -0.4 is 4.74 Å². The number of nitrogens with zero attached hydrogens (tertiary/aromatic N) is 2. The lowest BCUT2D eigenvalue weighted by atomic mass is 10.0. The van der Waals surface area contributed by atoms with E-state index in [1.165, 1.54) is 12.1 Å². The SMILES string of the molecule is CCOC(=O)COc1c(I)cc(/C=C(/C#N)c2ccc([N+](=O)[O-])cc2)cc1I. The molecule has 0 atom stereocenters. The van der Waals surface area contributed by atoms with Crippen molar-refractivity contribution in [3.05, 3.63) is 64.8 Å². The molecule has 0 unspecified atom stereocenters. The molecule has 2 aromatic carbocycles. The van der Waals surface area contributed by atoms with Gasteiger partial charge in [0.2, 0.25) is 0 Å². The van der Waals surface area contributed by atoms with Gasteiger partial charge in [-0.3, -0.25) is 10.1 Å². The van der Waals surface area contributed by atoms with E-state index in [9.17, 15) is 20.2 Å². The zero-order valence-corrected chi connectivity index (χ0v) is 19.0. The molecule has 0 spiro atoms. The van der Waals surface area contributed by atoms with E-state index in [1.807, 2.05) is 12.1 Å². The number of nitriles is 1. The van der Waals surface area contributed by atoms with Crippen molar-refractivity contribution in [2.45, 2.75) is 6.92 Å². The Morgan fingerprint density at radius 1 is 1.25 bits per heavy atom. The zero-order chi connectivity index (χ0) is 20.7. The fourth-order valence-electron chi connectivity index (χ4n) is 2.24. The molecule has 0 saturated carbocycles. The van der Waals surface area contributed by atoms with Gasteiger partial charge in [0, 0.05) is 12.1 Å². The van der Waals surface area contributed by atoms with Gasteiger partial charge in [-0.15, -0.1) is 0 Å². The summed E-state index contributed by atoms with van der Waals surface area (Å²) in [5.74, 6) is 0.128. The van der Waals surface area contributed by atoms with Crippen LogP contribution in [0, 0.1) is 28.6 Å². The van der Waals surface area contributed by atoms with Gasteiger partial charge in [-0.1, -0.05) is 0 Å². The van der Waals surface area contributed by atoms with Crippen molar-refractivity contribution >= 4 is 68.5 Å². The molecule has 0 aliphatic carbocycles. The molecule has 0 fully saturated rings. The molecule has 2 aromatic rings. The quantitative estimate of drug-likeness (QED) is 0.112. The molecule has 0 aromatic heterocycles. The second-order valence-corrected chi connectivity index (χ2v) is 7.71. The van der Waals surface area contributed by atoms with Crippen LogP contribution in [0.5, 0.6) is 5.75 Å². The number of hydrogen-bond donors (Lipinski definition) is 0. The first-order valence-electron chi connectivity index (χ1n) is 7.99. The summed E-state index contributed by atoms with van der Waals surface area (Å²) in [6.45, 7) is 1.84. The van der Waals surface area contributed by atoms with Gasteiger partial charge in [-0.2, -0.15) is 5.26 Å². The van der Waals surface area contributed by atoms with E-state index in [1.54, 1.807) is 25.1 Å². The summed E-state index contributed by atoms with van der Waals surface area (Å²) in [5.41, 5.74) is 1.70. The van der Waals surface area contributed by atoms with Crippen molar-refractivity contribution < 1.29 is 19.2 Å². The number of allylic oxidation sites excluding steroid dienone is 1. The second kappa shape index (κ2) is 10.4. The minimum Gasteiger partial charge on any atom is -0.480 e. The van der Waals surface area contributed by atoms with E-state index >= 15 is 0 Å². The molecule has 0 aliphatic rings. The Bertz CT molecular complexity index is 942. The number of hydrogen-bond acceptors (Lipinski definition) is 6. The highest BCUT2D eigenvalue weighted by molar-refractivity contribution is 14.1. The van der Waals surface area contributed by atoms with Crippen LogP contribution in [0.25, 0.3) is 11.6 Å². The fraction of sp³-hybridized carbons (Fsp3) is 0.158. The lowest BCUT2D eigenvalue weighted by Gasteiger charge is -2.11. The average molecular weight is 604 g/mol. The Labute approximate surface area is 188 Å². The van der Waals surface area contributed by atoms with Crippen molar-refractivity contribution in [2.75, 3.05) is 13.2 Å². The molecule has 0 bridgehead atoms. The highest BCUT2D eigenvalue weighted by Gasteiger charge is 2.12. The first-order chi connectivity index (χ1) is 13.3. The highest BCUT2D eigenvalue weighted by Crippen LogP contribution is 2.31. The standard InChI is InChI=1S/C19H14I2N2O5/c1-2-27-18(24)11-28-19-16(20)8-12(9-17(19)21)7-14(10-22)13-3-5-15(6-4-13)23(25)26/h3-9H,2,11H2,1H3/b14-7-. The number of ether oxygens (including phenoxy) is 2. The minimum absolute atomic E-state index is 0.0340. The summed E-state index contributed by atoms with van der Waals surface area (Å²) in [6, 6.07) is 11.6. The topological polar surface area (TPSA) is 102 Å². The van der Waals surface area contributed by atoms with Crippen LogP contribution in [-0.4, -0.2) is 24.1 Å². The first-order valence-corrected chi connectivity index (χ1v) is 10.2. The average Bonchev–Trinajstić information content (AvgIpc) is 2.65. The lowest BCUT2D eigenvalue weighted by Crippen LogP contribution is -2.15. The fourth-order valence-corrected chi connectivity index (χ4v) is 4.37. The number of non-ortho nitro benzene ring substituents is 1. The molecule has 9 heteroatoms. The Kier molecular flexibility index (Phi) is 8.18. The van der Waals surface area contributed by atoms with Crippen LogP contribution >= 0.6 is 45.2 Å². The molecule has 144 valence electrons. The summed E-state index contributed by atoms with van der Waals surface area (Å²) in [4.78, 5) is 21.8. The maximum Gasteiger partial charge on any atom is 0.344 e. The summed E-state index contributed by atoms with van der Waals surface area (Å²) in [5, 5.41) is 20.2. The van der Waals surface area contributed by atoms with Crippen LogP contribution in [-0.2, 0) is 9.53 Å². The van der Waals surface area contributed by atoms with E-state index in [0.717, 1.165) is 12.7 Å². The Morgan fingerprint density at radius 2 is 1.86 bits per heavy atom. The number of halogens is 2. The van der Waals surface area contributed by atoms with E-state index in [0.29, 0.717) is 23.5 Å². The summed E-state index contributed by atoms with van der Waals surface area (Å²) in [7, 11) is 0. The van der Waals surface area contributed by atoms with Crippen molar-refractivity contribution in [1.82, 2.24) is 0 Å². The number of nitro groups is 1. The zero-order valence-electron chi connectivity index (χ0n) is 14.6. The van der Waals surface area contributed by atoms with Gasteiger partial charge < -0.3 is 9.47 Å². The van der Waals surface area contributed by atoms with Crippen LogP contribution in [0.4, 0.5) is 5.69 Å². The molecule has 0 saturated heterocycles. The molecular formula is C19H14I2N2O5. The molecule has 0 radical (unpaired) electrons. The Balaban J connectivity index is 2.27. The van der Waals surface area contributed by atoms with Crippen LogP contribution in [0.15, 0.2) is 36.4 Å². The largest absolute Gasteiger partial charge is 0.480 e. The third kappa shape index (κ3) is 5.90. The van der Waals surface area contributed by atoms with E-state index in [2.05, 4.69) is 51.3 Å². The second-order valence-electron chi connectivity index (χ2n) is 5.38. The van der Waals surface area contributed by atoms with Gasteiger partial charge in [0.25, 0.3) is 5.69 Å². The number of rotatable bonds is 7. The predicted molar refractivity (Wildman–Crippen MR) is 121 cm³/mol. The summed E-state index contributed by atoms with van der Waals surface area (Å²) in [6.07, 6.45) is 1.70. The van der Waals surface area contributed by atoms with Crippen LogP contribution in [0.3, 0.4) is 0 Å². The summed E-state index contributed by atoms with van der Waals surface area (Å²) >= 11 is 4.19. The normalized spacial score (nSPS) is 10.9. The number of carbonyl (C=O) groups is 1. The molecule has 28 heavy (non-hydrogen) atoms. The van der Waals surface area contributed by atoms with Gasteiger partial charge in [0.1, 0.15) is 5.75 Å². The Morgan fingerprint density at radius 3 is 2.36 bits per heavy atom. The van der Waals surface area contributed by atoms with E-state index in [-0.39, 0.29) is 12.3 Å². The van der Waals surface area contributed by atoms with Crippen LogP contribution in [0.2, 0.25) is 0 Å². The van der Waals surface area contributed by atoms with Gasteiger partial charge in [-0.05, 0) is 93.6 Å². The van der Waals surface area contributed by atoms with Crippen LogP contribution in [0.1, 0.15) is 18.1 Å². The van der Waals surface area contributed by atoms with Crippen molar-refractivity contribution in [3.63, 3.8) is 0 Å². The molecular weight excluding hydrogens is 590 g/mol. The van der Waals surface area contributed by atoms with E-state index in [4.69, 9.17) is 9.47 Å². The van der Waals surface area contributed by atoms with Crippen molar-refractivity contribution in [3.8, 4) is 11.8 Å². The number of carbonyl (C=O) groups excluding carboxylic acids is 1. The minimum atomic E-state index is -0.487. The summed E-state index contributed by atoms with van der Waals surface area (Å²) < 4.78 is 12.0. The molecule has 7 nitrogen and oxygen atoms in total. The third-order valence-corrected chi connectivity index (χ3v) is 5.08. The third-order valence-electron chi connectivity index (χ3n) is 3.48. The number of benzene rings is 2. The lowest BCUT2D eigenvalue weighted by molar-refractivity contribution is -0.384. The molecule has 0 heterocycles. The molecule has 0 aliphatic heterocycles. The van der Waals surface area contributed by atoms with E-state index < -0.39 is 10.9 Å². The first kappa shape index (κ1) is 22.1. The van der Waals surface area contributed by atoms with Gasteiger partial charge >= 0.3 is 5.97 Å². The monoisotopic (exact) mass is 604 g/mol. The van der Waals surface area contributed by atoms with Gasteiger partial charge in [0.05, 0.1) is 30.3 Å². The van der Waals surface area contributed by atoms with Gasteiger partial charge in [0.15, 0.2) is 6.61 Å². The molecule has 0 amide bonds. The maximum atomic E-state index is 11.5.